The van der Waals surface area contributed by atoms with Crippen LogP contribution >= 0.6 is 23.3 Å². The number of nitrogens with one attached hydrogen (secondary N) is 1. The molecule has 5 N–H and O–H groups in total. The largest absolute Gasteiger partial charge is 0.447 e. The fourth-order valence-corrected chi connectivity index (χ4v) is 6.30. The van der Waals surface area contributed by atoms with Crippen LogP contribution in [-0.2, 0) is 4.74 Å². The Morgan fingerprint density at radius 1 is 1.15 bits per heavy atom. The van der Waals surface area contributed by atoms with Crippen molar-refractivity contribution in [2.75, 3.05) is 0 Å². The number of nitrogens with zero attached hydrogens (tertiary/aromatic N) is 2. The van der Waals surface area contributed by atoms with E-state index in [-0.39, 0.29) is 11.6 Å². The van der Waals surface area contributed by atoms with Crippen LogP contribution in [0.5, 0.6) is 0 Å². The molecule has 1 aliphatic rings. The monoisotopic (exact) mass is 567 g/mol. The second-order valence-electron chi connectivity index (χ2n) is 10.8. The first-order chi connectivity index (χ1) is 18.6. The number of rotatable bonds is 7. The van der Waals surface area contributed by atoms with Gasteiger partial charge in [-0.3, -0.25) is 9.71 Å². The van der Waals surface area contributed by atoms with Gasteiger partial charge in [0.2, 0.25) is 0 Å². The van der Waals surface area contributed by atoms with Gasteiger partial charge >= 0.3 is 6.09 Å². The van der Waals surface area contributed by atoms with Gasteiger partial charge in [0.05, 0.1) is 21.7 Å². The van der Waals surface area contributed by atoms with Gasteiger partial charge in [0.15, 0.2) is 0 Å². The number of carbonyl (C=O) groups is 1. The molecule has 1 amide bonds. The number of pyridine rings is 1. The van der Waals surface area contributed by atoms with Gasteiger partial charge in [0, 0.05) is 46.1 Å². The predicted octanol–water partition coefficient (Wildman–Crippen LogP) is 7.49. The van der Waals surface area contributed by atoms with Gasteiger partial charge in [0.25, 0.3) is 0 Å². The van der Waals surface area contributed by atoms with Gasteiger partial charge in [-0.25, -0.2) is 9.78 Å². The lowest BCUT2D eigenvalue weighted by atomic mass is 9.90. The van der Waals surface area contributed by atoms with Crippen molar-refractivity contribution < 1.29 is 9.53 Å². The van der Waals surface area contributed by atoms with Crippen LogP contribution in [0.15, 0.2) is 59.9 Å². The highest BCUT2D eigenvalue weighted by atomic mass is 32.2. The molecule has 0 aliphatic heterocycles. The Morgan fingerprint density at radius 3 is 2.46 bits per heavy atom. The molecule has 0 saturated heterocycles. The highest BCUT2D eigenvalue weighted by molar-refractivity contribution is 7.97. The van der Waals surface area contributed by atoms with Crippen LogP contribution in [0.2, 0.25) is 0 Å². The summed E-state index contributed by atoms with van der Waals surface area (Å²) in [6, 6.07) is 12.5. The zero-order chi connectivity index (χ0) is 28.4. The highest BCUT2D eigenvalue weighted by Gasteiger charge is 2.21. The van der Waals surface area contributed by atoms with Crippen LogP contribution in [-0.4, -0.2) is 27.7 Å². The summed E-state index contributed by atoms with van der Waals surface area (Å²) in [5.41, 5.74) is 14.7. The topological polar surface area (TPSA) is 116 Å². The van der Waals surface area contributed by atoms with E-state index >= 15 is 0 Å². The highest BCUT2D eigenvalue weighted by Crippen LogP contribution is 2.41. The fourth-order valence-electron chi connectivity index (χ4n) is 4.22. The molecular weight excluding hydrogens is 526 g/mol. The first-order valence-electron chi connectivity index (χ1n) is 13.4. The van der Waals surface area contributed by atoms with E-state index in [9.17, 15) is 4.79 Å². The summed E-state index contributed by atoms with van der Waals surface area (Å²) in [5, 5.41) is 1.29. The zero-order valence-corrected chi connectivity index (χ0v) is 25.2. The number of primary amides is 1. The van der Waals surface area contributed by atoms with Crippen molar-refractivity contribution in [1.82, 2.24) is 14.7 Å². The summed E-state index contributed by atoms with van der Waals surface area (Å²) in [7, 11) is 0. The van der Waals surface area contributed by atoms with Crippen LogP contribution in [0.4, 0.5) is 4.79 Å². The summed E-state index contributed by atoms with van der Waals surface area (Å²) >= 11 is 3.52. The summed E-state index contributed by atoms with van der Waals surface area (Å²) in [5.74, 6) is 0.626. The summed E-state index contributed by atoms with van der Waals surface area (Å²) in [4.78, 5) is 21.5. The van der Waals surface area contributed by atoms with E-state index in [1.54, 1.807) is 38.2 Å². The van der Waals surface area contributed by atoms with E-state index in [0.29, 0.717) is 5.92 Å². The number of hydrogen-bond acceptors (Lipinski definition) is 8. The zero-order valence-electron chi connectivity index (χ0n) is 23.6. The summed E-state index contributed by atoms with van der Waals surface area (Å²) in [6.07, 6.45) is 11.3. The molecule has 1 aromatic carbocycles. The van der Waals surface area contributed by atoms with Crippen molar-refractivity contribution in [2.24, 2.45) is 11.5 Å². The van der Waals surface area contributed by atoms with Gasteiger partial charge in [-0.05, 0) is 83.2 Å². The third-order valence-corrected chi connectivity index (χ3v) is 8.43. The SMILES string of the molecule is CC(C)(C)NSc1cc(/C(=C/N)c2ccccn2)ccc1-c1cnc(C2CCCCC2)s1.CC(C)OC(N)=O. The second-order valence-corrected chi connectivity index (χ2v) is 12.8. The lowest BCUT2D eigenvalue weighted by molar-refractivity contribution is 0.125. The molecule has 0 unspecified atom stereocenters. The molecular formula is C30H41N5O2S2. The Balaban J connectivity index is 0.000000532. The van der Waals surface area contributed by atoms with Crippen LogP contribution in [0.25, 0.3) is 16.0 Å². The molecule has 7 nitrogen and oxygen atoms in total. The van der Waals surface area contributed by atoms with Crippen LogP contribution < -0.4 is 16.2 Å². The minimum absolute atomic E-state index is 0.00752. The van der Waals surface area contributed by atoms with E-state index < -0.39 is 6.09 Å². The van der Waals surface area contributed by atoms with E-state index in [1.807, 2.05) is 29.5 Å². The van der Waals surface area contributed by atoms with Gasteiger partial charge in [-0.2, -0.15) is 0 Å². The number of thiazole rings is 1. The van der Waals surface area contributed by atoms with Crippen molar-refractivity contribution in [3.63, 3.8) is 0 Å². The minimum Gasteiger partial charge on any atom is -0.447 e. The average molecular weight is 568 g/mol. The quantitative estimate of drug-likeness (QED) is 0.253. The molecule has 0 spiro atoms. The van der Waals surface area contributed by atoms with Crippen molar-refractivity contribution in [1.29, 1.82) is 0 Å². The molecule has 2 aromatic heterocycles. The van der Waals surface area contributed by atoms with Crippen molar-refractivity contribution in [3.8, 4) is 10.4 Å². The Kier molecular flexibility index (Phi) is 11.4. The molecule has 4 rings (SSSR count). The maximum absolute atomic E-state index is 9.81. The van der Waals surface area contributed by atoms with Gasteiger partial charge in [-0.1, -0.05) is 37.5 Å². The van der Waals surface area contributed by atoms with Crippen molar-refractivity contribution in [3.05, 3.63) is 71.3 Å². The Morgan fingerprint density at radius 2 is 1.90 bits per heavy atom. The Hall–Kier alpha value is -2.88. The van der Waals surface area contributed by atoms with Gasteiger partial charge in [0.1, 0.15) is 0 Å². The molecule has 0 bridgehead atoms. The van der Waals surface area contributed by atoms with Crippen LogP contribution in [0.3, 0.4) is 0 Å². The van der Waals surface area contributed by atoms with Gasteiger partial charge < -0.3 is 16.2 Å². The smallest absolute Gasteiger partial charge is 0.404 e. The number of amides is 1. The molecule has 210 valence electrons. The summed E-state index contributed by atoms with van der Waals surface area (Å²) < 4.78 is 7.97. The first kappa shape index (κ1) is 30.7. The molecule has 3 aromatic rings. The van der Waals surface area contributed by atoms with E-state index in [4.69, 9.17) is 10.7 Å². The Labute approximate surface area is 241 Å². The Bertz CT molecular complexity index is 1230. The molecule has 0 atom stereocenters. The number of hydrogen-bond donors (Lipinski definition) is 3. The molecule has 0 radical (unpaired) electrons. The number of nitrogens with two attached hydrogens (primary N) is 2. The maximum Gasteiger partial charge on any atom is 0.404 e. The summed E-state index contributed by atoms with van der Waals surface area (Å²) in [6.45, 7) is 10.0. The fraction of sp³-hybridized carbons (Fsp3) is 0.433. The molecule has 39 heavy (non-hydrogen) atoms. The normalized spacial score (nSPS) is 14.6. The number of benzene rings is 1. The molecule has 2 heterocycles. The number of carbonyl (C=O) groups excluding carboxylic acids is 1. The van der Waals surface area contributed by atoms with E-state index in [0.717, 1.165) is 16.8 Å². The third kappa shape index (κ3) is 9.67. The lowest BCUT2D eigenvalue weighted by Gasteiger charge is -2.21. The lowest BCUT2D eigenvalue weighted by Crippen LogP contribution is -2.29. The standard InChI is InChI=1S/C26H32N4S2.C4H9NO2/c1-26(2,3)30-32-23-15-19(21(16-27)22-11-7-8-14-28-22)12-13-20(23)24-17-29-25(31-24)18-9-5-4-6-10-18;1-3(2)7-4(5)6/h7-8,11-18,30H,4-6,9-10,27H2,1-3H3;3H,1-2H3,(H2,5,6)/b21-16-;. The number of aromatic nitrogens is 2. The molecule has 9 heteroatoms. The van der Waals surface area contributed by atoms with E-state index in [2.05, 4.69) is 65.3 Å². The third-order valence-electron chi connectivity index (χ3n) is 5.96. The van der Waals surface area contributed by atoms with Crippen molar-refractivity contribution >= 4 is 35.0 Å². The second kappa shape index (κ2) is 14.5. The predicted molar refractivity (Wildman–Crippen MR) is 163 cm³/mol. The van der Waals surface area contributed by atoms with Crippen LogP contribution in [0.1, 0.15) is 88.9 Å². The van der Waals surface area contributed by atoms with Crippen LogP contribution in [0, 0.1) is 0 Å². The molecule has 1 saturated carbocycles. The number of ether oxygens (including phenoxy) is 1. The maximum atomic E-state index is 9.81. The molecule has 1 fully saturated rings. The average Bonchev–Trinajstić information content (AvgIpc) is 3.39. The van der Waals surface area contributed by atoms with Crippen molar-refractivity contribution in [2.45, 2.75) is 89.2 Å². The molecule has 1 aliphatic carbocycles. The first-order valence-corrected chi connectivity index (χ1v) is 15.0. The van der Waals surface area contributed by atoms with E-state index in [1.165, 1.54) is 52.4 Å². The van der Waals surface area contributed by atoms with Gasteiger partial charge in [-0.15, -0.1) is 11.3 Å². The minimum atomic E-state index is -0.713.